The summed E-state index contributed by atoms with van der Waals surface area (Å²) in [5.74, 6) is -0.968. The minimum Gasteiger partial charge on any atom is -0.336 e. The second-order valence-corrected chi connectivity index (χ2v) is 9.65. The van der Waals surface area contributed by atoms with Gasteiger partial charge in [-0.2, -0.15) is 13.8 Å². The molecule has 1 heterocycles. The first kappa shape index (κ1) is 19.8. The summed E-state index contributed by atoms with van der Waals surface area (Å²) >= 11 is 10.7. The summed E-state index contributed by atoms with van der Waals surface area (Å²) in [7, 11) is -2.72. The molecule has 3 aromatic rings. The fourth-order valence-electron chi connectivity index (χ4n) is 2.40. The quantitative estimate of drug-likeness (QED) is 0.371. The van der Waals surface area contributed by atoms with Gasteiger partial charge in [0, 0.05) is 29.1 Å². The van der Waals surface area contributed by atoms with E-state index in [-0.39, 0.29) is 5.82 Å². The molecule has 3 rings (SSSR count). The van der Waals surface area contributed by atoms with Gasteiger partial charge >= 0.3 is 11.3 Å². The van der Waals surface area contributed by atoms with Crippen molar-refractivity contribution in [2.24, 2.45) is 0 Å². The van der Waals surface area contributed by atoms with Crippen LogP contribution in [0.4, 0.5) is 14.5 Å². The molecule has 0 spiro atoms. The zero-order valence-electron chi connectivity index (χ0n) is 14.0. The Bertz CT molecular complexity index is 973. The van der Waals surface area contributed by atoms with Crippen LogP contribution in [0, 0.1) is 0 Å². The van der Waals surface area contributed by atoms with Gasteiger partial charge in [0.15, 0.2) is 7.29 Å². The van der Waals surface area contributed by atoms with Crippen molar-refractivity contribution >= 4 is 36.2 Å². The molecule has 0 aliphatic carbocycles. The monoisotopic (exact) mass is 431 g/mol. The molecule has 10 heteroatoms. The number of benzene rings is 2. The number of nitrogens with zero attached hydrogens (tertiary/aromatic N) is 2. The smallest absolute Gasteiger partial charge is 0.336 e. The topological polar surface area (TPSA) is 68.0 Å². The molecule has 0 radical (unpaired) electrons. The van der Waals surface area contributed by atoms with Crippen molar-refractivity contribution < 1.29 is 17.9 Å². The predicted molar refractivity (Wildman–Crippen MR) is 102 cm³/mol. The molecule has 0 saturated carbocycles. The van der Waals surface area contributed by atoms with Gasteiger partial charge in [-0.15, -0.1) is 0 Å². The van der Waals surface area contributed by atoms with Gasteiger partial charge < -0.3 is 14.2 Å². The Labute approximate surface area is 164 Å². The number of nitrogens with one attached hydrogen (secondary N) is 1. The summed E-state index contributed by atoms with van der Waals surface area (Å²) in [5.41, 5.74) is 1.99. The molecule has 27 heavy (non-hydrogen) atoms. The van der Waals surface area contributed by atoms with Crippen LogP contribution in [0.2, 0.25) is 5.02 Å². The highest BCUT2D eigenvalue weighted by Gasteiger charge is 2.35. The van der Waals surface area contributed by atoms with Crippen LogP contribution in [0.3, 0.4) is 0 Å². The molecule has 0 bridgehead atoms. The van der Waals surface area contributed by atoms with Gasteiger partial charge in [0.2, 0.25) is 5.82 Å². The van der Waals surface area contributed by atoms with Crippen LogP contribution in [0.5, 0.6) is 0 Å². The Morgan fingerprint density at radius 1 is 1.15 bits per heavy atom. The summed E-state index contributed by atoms with van der Waals surface area (Å²) in [6.07, 6.45) is 0.299. The third-order valence-corrected chi connectivity index (χ3v) is 5.69. The number of rotatable bonds is 6. The van der Waals surface area contributed by atoms with Crippen molar-refractivity contribution in [3.8, 4) is 11.4 Å². The Hall–Kier alpha value is -1.95. The summed E-state index contributed by atoms with van der Waals surface area (Å²) in [6, 6.07) is 13.7. The third kappa shape index (κ3) is 5.28. The highest BCUT2D eigenvalue weighted by Crippen LogP contribution is 2.45. The number of hydrogen-bond acceptors (Lipinski definition) is 4. The van der Waals surface area contributed by atoms with Crippen LogP contribution >= 0.6 is 30.5 Å². The predicted octanol–water partition coefficient (Wildman–Crippen LogP) is 6.20. The fourth-order valence-corrected chi connectivity index (χ4v) is 4.29. The van der Waals surface area contributed by atoms with E-state index < -0.39 is 18.6 Å². The van der Waals surface area contributed by atoms with Crippen LogP contribution < -0.4 is 5.09 Å². The van der Waals surface area contributed by atoms with Crippen LogP contribution in [-0.2, 0) is 16.1 Å². The highest BCUT2D eigenvalue weighted by atomic mass is 35.5. The number of hydrogen-bond donors (Lipinski definition) is 1. The van der Waals surface area contributed by atoms with Crippen molar-refractivity contribution in [1.82, 2.24) is 10.1 Å². The molecule has 1 aromatic heterocycles. The number of halogens is 4. The molecule has 1 N–H and O–H groups in total. The van der Waals surface area contributed by atoms with E-state index in [0.717, 1.165) is 5.56 Å². The molecule has 0 saturated heterocycles. The van der Waals surface area contributed by atoms with E-state index in [2.05, 4.69) is 19.8 Å². The van der Waals surface area contributed by atoms with Crippen molar-refractivity contribution in [2.75, 3.05) is 11.8 Å². The van der Waals surface area contributed by atoms with E-state index in [1.165, 1.54) is 0 Å². The third-order valence-electron chi connectivity index (χ3n) is 3.57. The Morgan fingerprint density at radius 2 is 1.78 bits per heavy atom. The van der Waals surface area contributed by atoms with E-state index >= 15 is 0 Å². The molecule has 0 amide bonds. The van der Waals surface area contributed by atoms with Crippen molar-refractivity contribution in [1.29, 1.82) is 0 Å². The average molecular weight is 432 g/mol. The lowest BCUT2D eigenvalue weighted by Gasteiger charge is -2.16. The molecular weight excluding hydrogens is 418 g/mol. The maximum absolute atomic E-state index is 13.0. The lowest BCUT2D eigenvalue weighted by Crippen LogP contribution is -2.03. The first-order valence-electron chi connectivity index (χ1n) is 7.73. The zero-order valence-corrected chi connectivity index (χ0v) is 16.4. The number of alkyl halides is 3. The summed E-state index contributed by atoms with van der Waals surface area (Å²) in [6.45, 7) is 1.64. The molecule has 0 aliphatic rings. The van der Waals surface area contributed by atoms with Gasteiger partial charge in [0.05, 0.1) is 0 Å². The maximum Gasteiger partial charge on any atom is 0.400 e. The Morgan fingerprint density at radius 3 is 2.33 bits per heavy atom. The minimum absolute atomic E-state index is 0.00385. The minimum atomic E-state index is -3.71. The van der Waals surface area contributed by atoms with Crippen LogP contribution in [0.1, 0.15) is 11.5 Å². The van der Waals surface area contributed by atoms with Crippen molar-refractivity contribution in [3.63, 3.8) is 0 Å². The SMILES string of the molecule is CP(=O)(Cc1ccc(-c2noc(C(F)(F)Cl)n2)cc1)Nc1ccc(Cl)cc1. The zero-order chi connectivity index (χ0) is 19.7. The van der Waals surface area contributed by atoms with Crippen LogP contribution in [0.25, 0.3) is 11.4 Å². The molecule has 0 aliphatic heterocycles. The first-order valence-corrected chi connectivity index (χ1v) is 10.8. The molecule has 0 fully saturated rings. The van der Waals surface area contributed by atoms with Crippen molar-refractivity contribution in [2.45, 2.75) is 11.5 Å². The molecular formula is C17H14Cl2F2N3O2P. The van der Waals surface area contributed by atoms with Gasteiger partial charge in [-0.25, -0.2) is 0 Å². The van der Waals surface area contributed by atoms with E-state index in [4.69, 9.17) is 23.2 Å². The number of anilines is 1. The standard InChI is InChI=1S/C17H14Cl2F2N3O2P/c1-27(25,24-14-8-6-13(18)7-9-14)10-11-2-4-12(5-3-11)15-22-16(26-23-15)17(19,20)21/h2-9H,10H2,1H3,(H,24,25). The number of aromatic nitrogens is 2. The Balaban J connectivity index is 1.70. The van der Waals surface area contributed by atoms with Gasteiger partial charge in [0.1, 0.15) is 0 Å². The Kier molecular flexibility index (Phi) is 5.56. The second-order valence-electron chi connectivity index (χ2n) is 6.00. The molecule has 1 atom stereocenters. The summed E-state index contributed by atoms with van der Waals surface area (Å²) in [4.78, 5) is 3.58. The summed E-state index contributed by atoms with van der Waals surface area (Å²) < 4.78 is 43.2. The van der Waals surface area contributed by atoms with Crippen LogP contribution in [0.15, 0.2) is 53.1 Å². The van der Waals surface area contributed by atoms with E-state index in [1.807, 2.05) is 0 Å². The fraction of sp³-hybridized carbons (Fsp3) is 0.176. The normalized spacial score (nSPS) is 14.0. The van der Waals surface area contributed by atoms with Gasteiger partial charge in [0.25, 0.3) is 0 Å². The lowest BCUT2D eigenvalue weighted by atomic mass is 10.1. The van der Waals surface area contributed by atoms with E-state index in [9.17, 15) is 13.3 Å². The lowest BCUT2D eigenvalue weighted by molar-refractivity contribution is 0.0551. The van der Waals surface area contributed by atoms with Crippen LogP contribution in [-0.4, -0.2) is 16.8 Å². The maximum atomic E-state index is 13.0. The van der Waals surface area contributed by atoms with E-state index in [1.54, 1.807) is 55.2 Å². The first-order chi connectivity index (χ1) is 12.6. The molecule has 142 valence electrons. The molecule has 2 aromatic carbocycles. The second kappa shape index (κ2) is 7.58. The van der Waals surface area contributed by atoms with Gasteiger partial charge in [-0.1, -0.05) is 41.0 Å². The van der Waals surface area contributed by atoms with E-state index in [0.29, 0.717) is 22.4 Å². The largest absolute Gasteiger partial charge is 0.400 e. The summed E-state index contributed by atoms with van der Waals surface area (Å²) in [5, 5.41) is 3.39. The van der Waals surface area contributed by atoms with Crippen molar-refractivity contribution in [3.05, 3.63) is 65.0 Å². The average Bonchev–Trinajstić information content (AvgIpc) is 3.07. The molecule has 5 nitrogen and oxygen atoms in total. The molecule has 1 unspecified atom stereocenters. The highest BCUT2D eigenvalue weighted by molar-refractivity contribution is 7.63. The van der Waals surface area contributed by atoms with Gasteiger partial charge in [-0.05, 0) is 41.4 Å². The van der Waals surface area contributed by atoms with Gasteiger partial charge in [-0.3, -0.25) is 0 Å².